The first-order chi connectivity index (χ1) is 22.2. The van der Waals surface area contributed by atoms with Crippen molar-refractivity contribution in [2.75, 3.05) is 11.9 Å². The van der Waals surface area contributed by atoms with Crippen LogP contribution in [0, 0.1) is 0 Å². The normalized spacial score (nSPS) is 17.2. The minimum absolute atomic E-state index is 0.0236. The van der Waals surface area contributed by atoms with Gasteiger partial charge in [-0.05, 0) is 76.2 Å². The molecule has 1 aromatic rings. The Labute approximate surface area is 289 Å². The van der Waals surface area contributed by atoms with Gasteiger partial charge >= 0.3 is 18.2 Å². The van der Waals surface area contributed by atoms with E-state index in [0.29, 0.717) is 0 Å². The smallest absolute Gasteiger partial charge is 0.413 e. The molecule has 1 fully saturated rings. The number of carbonyl (C=O) groups is 6. The molecule has 2 rings (SSSR count). The van der Waals surface area contributed by atoms with E-state index in [1.165, 1.54) is 19.2 Å². The van der Waals surface area contributed by atoms with Gasteiger partial charge < -0.3 is 40.7 Å². The highest BCUT2D eigenvalue weighted by Crippen LogP contribution is 2.22. The number of rotatable bonds is 12. The van der Waals surface area contributed by atoms with Gasteiger partial charge in [0.05, 0.1) is 12.6 Å². The summed E-state index contributed by atoms with van der Waals surface area (Å²) >= 11 is 0.959. The molecule has 18 heteroatoms. The second kappa shape index (κ2) is 15.7. The van der Waals surface area contributed by atoms with E-state index in [2.05, 4.69) is 31.4 Å². The zero-order valence-electron chi connectivity index (χ0n) is 29.7. The number of hydrogen-bond donors (Lipinski definition) is 5. The SMILES string of the molecule is CC(C)(C)OC(=O)NCC(=O)/C=C(\N)C[C@H]1NC(=O)[C@H]1NC(=O)/C(=N/OC(C)(C)C(=O)OC(C)(C)C)c1csc(NC(=O)OC(C)(C)C)n1. The van der Waals surface area contributed by atoms with E-state index in [0.717, 1.165) is 17.4 Å². The van der Waals surface area contributed by atoms with Crippen LogP contribution in [-0.4, -0.2) is 87.5 Å². The lowest BCUT2D eigenvalue weighted by atomic mass is 9.93. The lowest BCUT2D eigenvalue weighted by molar-refractivity contribution is -0.179. The molecule has 2 heterocycles. The van der Waals surface area contributed by atoms with Crippen LogP contribution in [0.2, 0.25) is 0 Å². The van der Waals surface area contributed by atoms with E-state index in [1.807, 2.05) is 0 Å². The molecule has 1 aliphatic rings. The van der Waals surface area contributed by atoms with Crippen LogP contribution in [0.5, 0.6) is 0 Å². The maximum Gasteiger partial charge on any atom is 0.413 e. The van der Waals surface area contributed by atoms with Crippen LogP contribution in [0.3, 0.4) is 0 Å². The van der Waals surface area contributed by atoms with Gasteiger partial charge in [-0.3, -0.25) is 19.7 Å². The number of nitrogens with two attached hydrogens (primary N) is 1. The Morgan fingerprint density at radius 1 is 0.939 bits per heavy atom. The highest BCUT2D eigenvalue weighted by molar-refractivity contribution is 7.14. The highest BCUT2D eigenvalue weighted by atomic mass is 32.1. The number of oxime groups is 1. The van der Waals surface area contributed by atoms with Crippen LogP contribution < -0.4 is 27.0 Å². The number of aromatic nitrogens is 1. The summed E-state index contributed by atoms with van der Waals surface area (Å²) in [4.78, 5) is 84.9. The van der Waals surface area contributed by atoms with Gasteiger partial charge in [0.2, 0.25) is 11.5 Å². The summed E-state index contributed by atoms with van der Waals surface area (Å²) in [6.07, 6.45) is -0.471. The van der Waals surface area contributed by atoms with E-state index >= 15 is 0 Å². The Kier molecular flexibility index (Phi) is 12.9. The third-order valence-electron chi connectivity index (χ3n) is 5.73. The second-order valence-electron chi connectivity index (χ2n) is 14.5. The van der Waals surface area contributed by atoms with Gasteiger partial charge in [0.25, 0.3) is 5.91 Å². The Hall–Kier alpha value is -4.74. The summed E-state index contributed by atoms with van der Waals surface area (Å²) in [5.74, 6) is -2.72. The topological polar surface area (TPSA) is 239 Å². The molecule has 1 aromatic heterocycles. The summed E-state index contributed by atoms with van der Waals surface area (Å²) in [6, 6.07) is -1.81. The van der Waals surface area contributed by atoms with Crippen molar-refractivity contribution in [2.24, 2.45) is 10.9 Å². The number of thiazole rings is 1. The number of alkyl carbamates (subject to hydrolysis) is 1. The fourth-order valence-corrected chi connectivity index (χ4v) is 4.35. The number of ether oxygens (including phenoxy) is 3. The first-order valence-corrected chi connectivity index (χ1v) is 16.1. The molecule has 0 radical (unpaired) electrons. The van der Waals surface area contributed by atoms with Gasteiger partial charge in [0.15, 0.2) is 16.6 Å². The van der Waals surface area contributed by atoms with Crippen molar-refractivity contribution >= 4 is 57.9 Å². The Balaban J connectivity index is 2.23. The number of nitrogens with one attached hydrogen (secondary N) is 4. The van der Waals surface area contributed by atoms with Crippen LogP contribution in [0.4, 0.5) is 14.7 Å². The van der Waals surface area contributed by atoms with Gasteiger partial charge in [-0.2, -0.15) is 0 Å². The third kappa shape index (κ3) is 14.1. The molecule has 0 bridgehead atoms. The van der Waals surface area contributed by atoms with E-state index in [-0.39, 0.29) is 29.5 Å². The summed E-state index contributed by atoms with van der Waals surface area (Å²) < 4.78 is 15.7. The largest absolute Gasteiger partial charge is 0.457 e. The zero-order valence-corrected chi connectivity index (χ0v) is 30.5. The van der Waals surface area contributed by atoms with Crippen molar-refractivity contribution < 1.29 is 47.8 Å². The quantitative estimate of drug-likeness (QED) is 0.0526. The van der Waals surface area contributed by atoms with Gasteiger partial charge in [-0.25, -0.2) is 19.4 Å². The molecule has 272 valence electrons. The van der Waals surface area contributed by atoms with Crippen LogP contribution in [0.25, 0.3) is 0 Å². The van der Waals surface area contributed by atoms with E-state index in [4.69, 9.17) is 24.8 Å². The van der Waals surface area contributed by atoms with Crippen LogP contribution in [0.15, 0.2) is 22.3 Å². The molecule has 1 saturated heterocycles. The second-order valence-corrected chi connectivity index (χ2v) is 15.4. The van der Waals surface area contributed by atoms with Gasteiger partial charge in [0.1, 0.15) is 28.5 Å². The predicted octanol–water partition coefficient (Wildman–Crippen LogP) is 2.64. The maximum atomic E-state index is 13.6. The van der Waals surface area contributed by atoms with Crippen LogP contribution in [-0.2, 0) is 38.2 Å². The molecule has 49 heavy (non-hydrogen) atoms. The monoisotopic (exact) mass is 709 g/mol. The molecule has 0 unspecified atom stereocenters. The van der Waals surface area contributed by atoms with Crippen molar-refractivity contribution in [3.8, 4) is 0 Å². The Morgan fingerprint density at radius 3 is 2.06 bits per heavy atom. The molecule has 4 amide bonds. The molecule has 0 aliphatic carbocycles. The standard InChI is InChI=1S/C31H47N7O10S/c1-28(2,3)45-24(42)31(10,11)48-38-21(19-15-49-25(35-19)37-27(44)47-30(7,8)9)23(41)36-20-18(34-22(20)40)13-16(32)12-17(39)14-33-26(43)46-29(4,5)6/h12,15,18,20H,13-14,32H2,1-11H3,(H,33,43)(H,34,40)(H,36,41)(H,35,37,44)/b16-12-,38-21+/t18-,20+/m1/s1. The minimum Gasteiger partial charge on any atom is -0.457 e. The number of β-lactam (4-membered cyclic amide) rings is 1. The van der Waals surface area contributed by atoms with Gasteiger partial charge in [-0.15, -0.1) is 11.3 Å². The molecule has 0 aromatic carbocycles. The predicted molar refractivity (Wildman–Crippen MR) is 180 cm³/mol. The highest BCUT2D eigenvalue weighted by Gasteiger charge is 2.42. The lowest BCUT2D eigenvalue weighted by Gasteiger charge is -2.37. The molecule has 1 aliphatic heterocycles. The summed E-state index contributed by atoms with van der Waals surface area (Å²) in [6.45, 7) is 17.6. The van der Waals surface area contributed by atoms with Crippen molar-refractivity contribution in [1.29, 1.82) is 0 Å². The molecular formula is C31H47N7O10S. The van der Waals surface area contributed by atoms with Gasteiger partial charge in [0, 0.05) is 23.6 Å². The number of nitrogens with zero attached hydrogens (tertiary/aromatic N) is 2. The Bertz CT molecular complexity index is 1500. The van der Waals surface area contributed by atoms with E-state index in [1.54, 1.807) is 62.3 Å². The van der Waals surface area contributed by atoms with Gasteiger partial charge in [-0.1, -0.05) is 5.16 Å². The third-order valence-corrected chi connectivity index (χ3v) is 6.49. The number of amides is 4. The Morgan fingerprint density at radius 2 is 1.51 bits per heavy atom. The molecule has 0 spiro atoms. The average molecular weight is 710 g/mol. The summed E-state index contributed by atoms with van der Waals surface area (Å²) in [5, 5.41) is 15.4. The summed E-state index contributed by atoms with van der Waals surface area (Å²) in [5.41, 5.74) is 1.63. The van der Waals surface area contributed by atoms with Crippen LogP contribution >= 0.6 is 11.3 Å². The average Bonchev–Trinajstić information content (AvgIpc) is 3.35. The van der Waals surface area contributed by atoms with Crippen molar-refractivity contribution in [1.82, 2.24) is 20.9 Å². The van der Waals surface area contributed by atoms with Crippen LogP contribution in [0.1, 0.15) is 88.3 Å². The number of esters is 1. The fraction of sp³-hybridized carbons (Fsp3) is 0.613. The zero-order chi connectivity index (χ0) is 37.5. The molecule has 6 N–H and O–H groups in total. The minimum atomic E-state index is -1.65. The lowest BCUT2D eigenvalue weighted by Crippen LogP contribution is -2.69. The fourth-order valence-electron chi connectivity index (χ4n) is 3.66. The maximum absolute atomic E-state index is 13.6. The number of carbonyl (C=O) groups excluding carboxylic acids is 6. The number of anilines is 1. The molecule has 2 atom stereocenters. The van der Waals surface area contributed by atoms with Crippen molar-refractivity contribution in [3.05, 3.63) is 22.8 Å². The van der Waals surface area contributed by atoms with Crippen molar-refractivity contribution in [2.45, 2.75) is 117 Å². The summed E-state index contributed by atoms with van der Waals surface area (Å²) in [7, 11) is 0. The van der Waals surface area contributed by atoms with E-state index < -0.39 is 76.0 Å². The first-order valence-electron chi connectivity index (χ1n) is 15.3. The molecular weight excluding hydrogens is 662 g/mol. The molecule has 17 nitrogen and oxygen atoms in total. The van der Waals surface area contributed by atoms with E-state index in [9.17, 15) is 28.8 Å². The first kappa shape index (κ1) is 40.4. The molecule has 0 saturated carbocycles. The number of ketones is 1. The van der Waals surface area contributed by atoms with Crippen molar-refractivity contribution in [3.63, 3.8) is 0 Å². The number of hydrogen-bond acceptors (Lipinski definition) is 14.